The second-order valence-electron chi connectivity index (χ2n) is 3.48. The fraction of sp³-hybridized carbons (Fsp3) is 0. The van der Waals surface area contributed by atoms with E-state index in [9.17, 15) is 0 Å². The van der Waals surface area contributed by atoms with Crippen LogP contribution in [0.5, 0.6) is 0 Å². The summed E-state index contributed by atoms with van der Waals surface area (Å²) in [5.41, 5.74) is 7.41. The van der Waals surface area contributed by atoms with Crippen LogP contribution in [-0.2, 0) is 0 Å². The largest absolute Gasteiger partial charge is 0.399 e. The van der Waals surface area contributed by atoms with Gasteiger partial charge in [-0.3, -0.25) is 0 Å². The number of halogens is 1. The van der Waals surface area contributed by atoms with Gasteiger partial charge in [0.05, 0.1) is 21.4 Å². The number of fused-ring (bicyclic) bond motifs is 1. The van der Waals surface area contributed by atoms with Gasteiger partial charge >= 0.3 is 0 Å². The minimum atomic E-state index is 0.529. The highest BCUT2D eigenvalue weighted by molar-refractivity contribution is 8.01. The number of benzene rings is 1. The molecule has 3 rings (SSSR count). The minimum Gasteiger partial charge on any atom is -0.399 e. The van der Waals surface area contributed by atoms with E-state index in [1.807, 2.05) is 18.2 Å². The predicted octanol–water partition coefficient (Wildman–Crippen LogP) is 3.47. The maximum Gasteiger partial charge on any atom is 0.157 e. The maximum absolute atomic E-state index is 6.01. The van der Waals surface area contributed by atoms with Crippen molar-refractivity contribution < 1.29 is 0 Å². The molecule has 0 aliphatic rings. The standard InChI is InChI=1S/C11H7ClN4S2/c12-7-4-14-5-15-10(7)18-11-16-8-2-1-6(13)3-9(8)17-11/h1-5H,13H2. The number of hydrogen-bond acceptors (Lipinski definition) is 6. The maximum atomic E-state index is 6.01. The molecule has 3 aromatic rings. The lowest BCUT2D eigenvalue weighted by molar-refractivity contribution is 1.05. The van der Waals surface area contributed by atoms with E-state index in [1.54, 1.807) is 17.5 Å². The second-order valence-corrected chi connectivity index (χ2v) is 6.16. The highest BCUT2D eigenvalue weighted by atomic mass is 35.5. The van der Waals surface area contributed by atoms with Gasteiger partial charge < -0.3 is 5.73 Å². The number of nitrogens with two attached hydrogens (primary N) is 1. The zero-order valence-corrected chi connectivity index (χ0v) is 11.4. The van der Waals surface area contributed by atoms with E-state index in [0.29, 0.717) is 10.0 Å². The summed E-state index contributed by atoms with van der Waals surface area (Å²) >= 11 is 9.01. The Hall–Kier alpha value is -1.37. The van der Waals surface area contributed by atoms with Gasteiger partial charge in [0.2, 0.25) is 0 Å². The molecule has 2 aromatic heterocycles. The van der Waals surface area contributed by atoms with Gasteiger partial charge in [-0.1, -0.05) is 11.6 Å². The van der Waals surface area contributed by atoms with Crippen LogP contribution >= 0.6 is 34.7 Å². The molecule has 2 N–H and O–H groups in total. The predicted molar refractivity (Wildman–Crippen MR) is 75.2 cm³/mol. The van der Waals surface area contributed by atoms with Crippen LogP contribution in [0.4, 0.5) is 5.69 Å². The molecule has 0 aliphatic heterocycles. The molecule has 0 amide bonds. The van der Waals surface area contributed by atoms with Crippen molar-refractivity contribution in [1.29, 1.82) is 0 Å². The lowest BCUT2D eigenvalue weighted by Gasteiger charge is -1.97. The van der Waals surface area contributed by atoms with Gasteiger partial charge in [0.15, 0.2) is 4.34 Å². The molecule has 0 radical (unpaired) electrons. The van der Waals surface area contributed by atoms with E-state index in [1.165, 1.54) is 18.1 Å². The summed E-state index contributed by atoms with van der Waals surface area (Å²) in [5.74, 6) is 0. The van der Waals surface area contributed by atoms with E-state index < -0.39 is 0 Å². The number of thiazole rings is 1. The lowest BCUT2D eigenvalue weighted by Crippen LogP contribution is -1.82. The average Bonchev–Trinajstić information content (AvgIpc) is 2.73. The van der Waals surface area contributed by atoms with Crippen LogP contribution < -0.4 is 5.73 Å². The van der Waals surface area contributed by atoms with Gasteiger partial charge in [-0.2, -0.15) is 0 Å². The van der Waals surface area contributed by atoms with E-state index in [0.717, 1.165) is 20.2 Å². The molecule has 0 aliphatic carbocycles. The van der Waals surface area contributed by atoms with Crippen molar-refractivity contribution in [3.8, 4) is 0 Å². The molecule has 0 atom stereocenters. The molecule has 0 bridgehead atoms. The van der Waals surface area contributed by atoms with Crippen LogP contribution in [0, 0.1) is 0 Å². The molecule has 0 saturated heterocycles. The summed E-state index contributed by atoms with van der Waals surface area (Å²) in [7, 11) is 0. The zero-order valence-electron chi connectivity index (χ0n) is 9.00. The number of nitrogens with zero attached hydrogens (tertiary/aromatic N) is 3. The third kappa shape index (κ3) is 2.27. The highest BCUT2D eigenvalue weighted by Gasteiger charge is 2.09. The van der Waals surface area contributed by atoms with Gasteiger partial charge in [-0.25, -0.2) is 15.0 Å². The van der Waals surface area contributed by atoms with Crippen LogP contribution in [0.3, 0.4) is 0 Å². The Morgan fingerprint density at radius 2 is 2.22 bits per heavy atom. The van der Waals surface area contributed by atoms with Crippen molar-refractivity contribution >= 4 is 50.6 Å². The second kappa shape index (κ2) is 4.72. The third-order valence-electron chi connectivity index (χ3n) is 2.21. The molecule has 90 valence electrons. The van der Waals surface area contributed by atoms with Gasteiger partial charge in [-0.05, 0) is 30.0 Å². The molecule has 18 heavy (non-hydrogen) atoms. The van der Waals surface area contributed by atoms with Gasteiger partial charge in [-0.15, -0.1) is 11.3 Å². The van der Waals surface area contributed by atoms with Crippen LogP contribution in [0.1, 0.15) is 0 Å². The summed E-state index contributed by atoms with van der Waals surface area (Å²) in [6.45, 7) is 0. The molecule has 4 nitrogen and oxygen atoms in total. The molecule has 0 spiro atoms. The number of aromatic nitrogens is 3. The van der Waals surface area contributed by atoms with Gasteiger partial charge in [0.1, 0.15) is 11.4 Å². The number of rotatable bonds is 2. The van der Waals surface area contributed by atoms with Crippen LogP contribution in [-0.4, -0.2) is 15.0 Å². The van der Waals surface area contributed by atoms with Crippen LogP contribution in [0.15, 0.2) is 40.1 Å². The summed E-state index contributed by atoms with van der Waals surface area (Å²) in [6, 6.07) is 5.67. The van der Waals surface area contributed by atoms with Crippen molar-refractivity contribution in [3.63, 3.8) is 0 Å². The first-order valence-electron chi connectivity index (χ1n) is 5.02. The van der Waals surface area contributed by atoms with Crippen molar-refractivity contribution in [3.05, 3.63) is 35.7 Å². The molecule has 0 saturated carbocycles. The Morgan fingerprint density at radius 3 is 3.06 bits per heavy atom. The number of anilines is 1. The quantitative estimate of drug-likeness (QED) is 0.579. The van der Waals surface area contributed by atoms with Gasteiger partial charge in [0, 0.05) is 5.69 Å². The third-order valence-corrected chi connectivity index (χ3v) is 4.70. The lowest BCUT2D eigenvalue weighted by atomic mass is 10.3. The molecule has 7 heteroatoms. The van der Waals surface area contributed by atoms with Crippen LogP contribution in [0.25, 0.3) is 10.2 Å². The Balaban J connectivity index is 1.98. The fourth-order valence-corrected chi connectivity index (χ4v) is 3.62. The van der Waals surface area contributed by atoms with E-state index in [-0.39, 0.29) is 0 Å². The molecule has 0 unspecified atom stereocenters. The topological polar surface area (TPSA) is 64.7 Å². The SMILES string of the molecule is Nc1ccc2nc(Sc3ncncc3Cl)sc2c1. The number of hydrogen-bond donors (Lipinski definition) is 1. The first-order chi connectivity index (χ1) is 8.72. The van der Waals surface area contributed by atoms with Crippen molar-refractivity contribution in [2.75, 3.05) is 5.73 Å². The Morgan fingerprint density at radius 1 is 1.33 bits per heavy atom. The van der Waals surface area contributed by atoms with Gasteiger partial charge in [0.25, 0.3) is 0 Å². The van der Waals surface area contributed by atoms with Crippen molar-refractivity contribution in [1.82, 2.24) is 15.0 Å². The Kier molecular flexibility index (Phi) is 3.07. The summed E-state index contributed by atoms with van der Waals surface area (Å²) in [6.07, 6.45) is 3.04. The first kappa shape index (κ1) is 11.7. The van der Waals surface area contributed by atoms with E-state index in [2.05, 4.69) is 15.0 Å². The molecule has 1 aromatic carbocycles. The first-order valence-corrected chi connectivity index (χ1v) is 7.03. The molecular formula is C11H7ClN4S2. The normalized spacial score (nSPS) is 10.9. The minimum absolute atomic E-state index is 0.529. The highest BCUT2D eigenvalue weighted by Crippen LogP contribution is 2.36. The Bertz CT molecular complexity index is 713. The average molecular weight is 295 g/mol. The zero-order chi connectivity index (χ0) is 12.5. The van der Waals surface area contributed by atoms with Crippen molar-refractivity contribution in [2.45, 2.75) is 9.37 Å². The molecule has 0 fully saturated rings. The Labute approximate surface area is 116 Å². The van der Waals surface area contributed by atoms with E-state index in [4.69, 9.17) is 17.3 Å². The molecule has 2 heterocycles. The monoisotopic (exact) mass is 294 g/mol. The number of nitrogen functional groups attached to an aromatic ring is 1. The summed E-state index contributed by atoms with van der Waals surface area (Å²) in [4.78, 5) is 12.5. The van der Waals surface area contributed by atoms with Crippen molar-refractivity contribution in [2.24, 2.45) is 0 Å². The molecular weight excluding hydrogens is 288 g/mol. The summed E-state index contributed by atoms with van der Waals surface area (Å²) < 4.78 is 1.94. The van der Waals surface area contributed by atoms with Crippen LogP contribution in [0.2, 0.25) is 5.02 Å². The fourth-order valence-electron chi connectivity index (χ4n) is 1.42. The smallest absolute Gasteiger partial charge is 0.157 e. The summed E-state index contributed by atoms with van der Waals surface area (Å²) in [5, 5.41) is 1.24. The van der Waals surface area contributed by atoms with E-state index >= 15 is 0 Å².